The summed E-state index contributed by atoms with van der Waals surface area (Å²) in [5.41, 5.74) is 7.72. The van der Waals surface area contributed by atoms with E-state index in [4.69, 9.17) is 8.48 Å². The molecule has 0 amide bonds. The number of nitrogens with two attached hydrogens (primary N) is 1. The number of piperidine rings is 1. The van der Waals surface area contributed by atoms with Gasteiger partial charge in [-0.25, -0.2) is 0 Å². The van der Waals surface area contributed by atoms with E-state index in [1.807, 2.05) is 19.1 Å². The molecule has 0 spiro atoms. The lowest BCUT2D eigenvalue weighted by Gasteiger charge is -2.29. The molecule has 0 radical (unpaired) electrons. The molecule has 18 heavy (non-hydrogen) atoms. The minimum atomic E-state index is -1.66. The van der Waals surface area contributed by atoms with Gasteiger partial charge in [-0.1, -0.05) is 19.1 Å². The van der Waals surface area contributed by atoms with Crippen molar-refractivity contribution in [3.63, 3.8) is 0 Å². The van der Waals surface area contributed by atoms with Gasteiger partial charge in [-0.2, -0.15) is 0 Å². The minimum Gasteiger partial charge on any atom is -0.372 e. The van der Waals surface area contributed by atoms with Crippen LogP contribution in [0.2, 0.25) is 0 Å². The molecule has 0 aliphatic carbocycles. The number of hydrogen-bond acceptors (Lipinski definition) is 2. The Kier molecular flexibility index (Phi) is 6.70. The Bertz CT molecular complexity index is 387. The molecule has 104 valence electrons. The summed E-state index contributed by atoms with van der Waals surface area (Å²) in [4.78, 5) is 2.40. The highest BCUT2D eigenvalue weighted by atomic mass is 35.5. The van der Waals surface area contributed by atoms with Gasteiger partial charge in [0, 0.05) is 21.5 Å². The molecule has 2 nitrogen and oxygen atoms in total. The minimum absolute atomic E-state index is 0. The normalized spacial score (nSPS) is 18.9. The molecule has 0 bridgehead atoms. The van der Waals surface area contributed by atoms with E-state index < -0.39 is 6.50 Å². The summed E-state index contributed by atoms with van der Waals surface area (Å²) in [5, 5.41) is 0. The summed E-state index contributed by atoms with van der Waals surface area (Å²) in [6.45, 7) is 2.43. The van der Waals surface area contributed by atoms with Gasteiger partial charge in [-0.05, 0) is 49.4 Å². The standard InChI is InChI=1S/C14H22N2.2ClH/c1-12(11-15)13-5-7-14(8-6-13)16-9-3-2-4-10-16;;/h5-8,12H,2-4,9-11,15H2,1H3;2*1H/i11D2;;. The first-order valence-corrected chi connectivity index (χ1v) is 6.12. The maximum Gasteiger partial charge on any atom is 0.0432 e. The first kappa shape index (κ1) is 14.0. The van der Waals surface area contributed by atoms with E-state index in [2.05, 4.69) is 17.0 Å². The highest BCUT2D eigenvalue weighted by Crippen LogP contribution is 2.22. The van der Waals surface area contributed by atoms with E-state index in [0.717, 1.165) is 18.7 Å². The fourth-order valence-electron chi connectivity index (χ4n) is 2.22. The van der Waals surface area contributed by atoms with Gasteiger partial charge in [0.05, 0.1) is 0 Å². The van der Waals surface area contributed by atoms with E-state index in [9.17, 15) is 0 Å². The first-order valence-electron chi connectivity index (χ1n) is 7.12. The van der Waals surface area contributed by atoms with Gasteiger partial charge in [-0.3, -0.25) is 0 Å². The average Bonchev–Trinajstić information content (AvgIpc) is 2.38. The van der Waals surface area contributed by atoms with Crippen molar-refractivity contribution in [1.82, 2.24) is 0 Å². The van der Waals surface area contributed by atoms with Crippen LogP contribution in [0, 0.1) is 0 Å². The Labute approximate surface area is 126 Å². The Morgan fingerprint density at radius 3 is 2.22 bits per heavy atom. The van der Waals surface area contributed by atoms with E-state index >= 15 is 0 Å². The second kappa shape index (κ2) is 8.63. The molecule has 1 atom stereocenters. The third kappa shape index (κ3) is 4.34. The van der Waals surface area contributed by atoms with Gasteiger partial charge >= 0.3 is 0 Å². The van der Waals surface area contributed by atoms with Crippen LogP contribution in [0.5, 0.6) is 0 Å². The summed E-state index contributed by atoms with van der Waals surface area (Å²) in [6.07, 6.45) is 3.87. The largest absolute Gasteiger partial charge is 0.372 e. The number of hydrogen-bond donors (Lipinski definition) is 1. The molecule has 0 aromatic heterocycles. The number of rotatable bonds is 3. The van der Waals surface area contributed by atoms with Crippen LogP contribution in [-0.2, 0) is 0 Å². The van der Waals surface area contributed by atoms with Crippen LogP contribution in [0.1, 0.15) is 40.4 Å². The van der Waals surface area contributed by atoms with Crippen LogP contribution in [-0.4, -0.2) is 19.6 Å². The molecule has 2 N–H and O–H groups in total. The molecular formula is C14H24Cl2N2. The van der Waals surface area contributed by atoms with Gasteiger partial charge in [0.1, 0.15) is 0 Å². The summed E-state index contributed by atoms with van der Waals surface area (Å²) < 4.78 is 15.1. The predicted octanol–water partition coefficient (Wildman–Crippen LogP) is 3.58. The van der Waals surface area contributed by atoms with E-state index in [1.165, 1.54) is 24.9 Å². The molecule has 4 heteroatoms. The maximum absolute atomic E-state index is 7.56. The Hall–Kier alpha value is -0.440. The van der Waals surface area contributed by atoms with Crippen LogP contribution in [0.3, 0.4) is 0 Å². The number of halogens is 2. The van der Waals surface area contributed by atoms with Crippen molar-refractivity contribution in [2.75, 3.05) is 24.5 Å². The van der Waals surface area contributed by atoms with Gasteiger partial charge in [0.15, 0.2) is 0 Å². The fourth-order valence-corrected chi connectivity index (χ4v) is 2.22. The molecule has 1 aromatic carbocycles. The smallest absolute Gasteiger partial charge is 0.0432 e. The molecule has 0 saturated carbocycles. The summed E-state index contributed by atoms with van der Waals surface area (Å²) in [5.74, 6) is -0.284. The number of anilines is 1. The second-order valence-corrected chi connectivity index (χ2v) is 4.53. The van der Waals surface area contributed by atoms with Gasteiger partial charge in [0.2, 0.25) is 0 Å². The summed E-state index contributed by atoms with van der Waals surface area (Å²) >= 11 is 0. The monoisotopic (exact) mass is 292 g/mol. The van der Waals surface area contributed by atoms with Crippen molar-refractivity contribution in [2.24, 2.45) is 5.73 Å². The van der Waals surface area contributed by atoms with Crippen molar-refractivity contribution in [3.05, 3.63) is 29.8 Å². The number of benzene rings is 1. The van der Waals surface area contributed by atoms with Gasteiger partial charge < -0.3 is 10.6 Å². The molecule has 1 unspecified atom stereocenters. The quantitative estimate of drug-likeness (QED) is 0.923. The van der Waals surface area contributed by atoms with Crippen LogP contribution in [0.4, 0.5) is 5.69 Å². The van der Waals surface area contributed by atoms with Crippen molar-refractivity contribution in [2.45, 2.75) is 32.1 Å². The second-order valence-electron chi connectivity index (χ2n) is 4.53. The number of nitrogens with zero attached hydrogens (tertiary/aromatic N) is 1. The van der Waals surface area contributed by atoms with E-state index in [1.54, 1.807) is 0 Å². The summed E-state index contributed by atoms with van der Waals surface area (Å²) in [6, 6.07) is 8.17. The van der Waals surface area contributed by atoms with Crippen LogP contribution in [0.15, 0.2) is 24.3 Å². The zero-order chi connectivity index (χ0) is 13.2. The van der Waals surface area contributed by atoms with Crippen molar-refractivity contribution < 1.29 is 2.74 Å². The third-order valence-corrected chi connectivity index (χ3v) is 3.36. The third-order valence-electron chi connectivity index (χ3n) is 3.36. The molecule has 1 aliphatic rings. The van der Waals surface area contributed by atoms with E-state index in [-0.39, 0.29) is 30.7 Å². The Balaban J connectivity index is 0.00000180. The zero-order valence-corrected chi connectivity index (χ0v) is 12.4. The molecule has 2 rings (SSSR count). The van der Waals surface area contributed by atoms with Crippen LogP contribution < -0.4 is 10.6 Å². The predicted molar refractivity (Wildman–Crippen MR) is 84.5 cm³/mol. The van der Waals surface area contributed by atoms with Gasteiger partial charge in [-0.15, -0.1) is 24.8 Å². The Morgan fingerprint density at radius 1 is 1.17 bits per heavy atom. The maximum atomic E-state index is 7.56. The highest BCUT2D eigenvalue weighted by molar-refractivity contribution is 5.85. The van der Waals surface area contributed by atoms with Gasteiger partial charge in [0.25, 0.3) is 0 Å². The molecular weight excluding hydrogens is 267 g/mol. The lowest BCUT2D eigenvalue weighted by molar-refractivity contribution is 0.578. The van der Waals surface area contributed by atoms with Crippen molar-refractivity contribution >= 4 is 30.5 Å². The zero-order valence-electron chi connectivity index (χ0n) is 12.8. The SMILES string of the molecule is Cl.Cl.[2H]C([2H])(N)C(C)c1ccc(N2CCCCC2)cc1. The van der Waals surface area contributed by atoms with Crippen molar-refractivity contribution in [3.8, 4) is 0 Å². The lowest BCUT2D eigenvalue weighted by Crippen LogP contribution is -2.29. The highest BCUT2D eigenvalue weighted by Gasteiger charge is 2.11. The van der Waals surface area contributed by atoms with Crippen molar-refractivity contribution in [1.29, 1.82) is 0 Å². The summed E-state index contributed by atoms with van der Waals surface area (Å²) in [7, 11) is 0. The molecule has 1 aromatic rings. The molecule has 1 fully saturated rings. The van der Waals surface area contributed by atoms with Crippen LogP contribution >= 0.6 is 24.8 Å². The lowest BCUT2D eigenvalue weighted by atomic mass is 10.0. The first-order chi connectivity index (χ1) is 8.48. The fraction of sp³-hybridized carbons (Fsp3) is 0.571. The van der Waals surface area contributed by atoms with E-state index in [0.29, 0.717) is 0 Å². The topological polar surface area (TPSA) is 29.3 Å². The average molecular weight is 293 g/mol. The molecule has 1 aliphatic heterocycles. The van der Waals surface area contributed by atoms with Crippen LogP contribution in [0.25, 0.3) is 0 Å². The molecule has 1 heterocycles. The molecule has 1 saturated heterocycles. The Morgan fingerprint density at radius 2 is 1.72 bits per heavy atom.